The minimum Gasteiger partial charge on any atom is -0.408 e. The number of oxazole rings is 1. The summed E-state index contributed by atoms with van der Waals surface area (Å²) in [5.41, 5.74) is 3.43. The number of hydrogen-bond donors (Lipinski definition) is 1. The second-order valence-corrected chi connectivity index (χ2v) is 7.14. The van der Waals surface area contributed by atoms with E-state index in [4.69, 9.17) is 4.42 Å². The van der Waals surface area contributed by atoms with E-state index in [0.717, 1.165) is 16.2 Å². The van der Waals surface area contributed by atoms with Gasteiger partial charge in [-0.15, -0.1) is 11.3 Å². The van der Waals surface area contributed by atoms with E-state index in [1.54, 1.807) is 41.7 Å². The first-order valence-electron chi connectivity index (χ1n) is 8.58. The number of amides is 1. The summed E-state index contributed by atoms with van der Waals surface area (Å²) in [6, 6.07) is 14.5. The topological polar surface area (TPSA) is 81.5 Å². The lowest BCUT2D eigenvalue weighted by molar-refractivity contribution is -0.116. The molecule has 5 aromatic rings. The van der Waals surface area contributed by atoms with Crippen molar-refractivity contribution >= 4 is 39.0 Å². The molecule has 0 saturated heterocycles. The number of rotatable bonds is 4. The maximum absolute atomic E-state index is 12.5. The van der Waals surface area contributed by atoms with Gasteiger partial charge in [0.1, 0.15) is 6.54 Å². The number of carbonyl (C=O) groups excluding carboxylic acids is 1. The Hall–Kier alpha value is -3.65. The molecule has 0 spiro atoms. The highest BCUT2D eigenvalue weighted by atomic mass is 32.1. The first kappa shape index (κ1) is 16.5. The molecule has 138 valence electrons. The van der Waals surface area contributed by atoms with Gasteiger partial charge in [-0.1, -0.05) is 24.3 Å². The van der Waals surface area contributed by atoms with Crippen LogP contribution in [0.2, 0.25) is 0 Å². The number of anilines is 1. The monoisotopic (exact) mass is 390 g/mol. The zero-order chi connectivity index (χ0) is 19.1. The molecule has 0 atom stereocenters. The molecule has 0 radical (unpaired) electrons. The van der Waals surface area contributed by atoms with Crippen LogP contribution in [-0.2, 0) is 11.3 Å². The zero-order valence-corrected chi connectivity index (χ0v) is 15.3. The van der Waals surface area contributed by atoms with Gasteiger partial charge >= 0.3 is 5.76 Å². The number of benzene rings is 2. The van der Waals surface area contributed by atoms with Crippen molar-refractivity contribution in [1.29, 1.82) is 0 Å². The van der Waals surface area contributed by atoms with E-state index in [1.165, 1.54) is 4.57 Å². The third-order valence-electron chi connectivity index (χ3n) is 4.41. The van der Waals surface area contributed by atoms with Gasteiger partial charge in [0.25, 0.3) is 0 Å². The highest BCUT2D eigenvalue weighted by Gasteiger charge is 2.13. The number of imidazole rings is 1. The third kappa shape index (κ3) is 2.89. The number of hydrogen-bond acceptors (Lipinski definition) is 5. The Balaban J connectivity index is 1.38. The largest absolute Gasteiger partial charge is 0.420 e. The molecule has 28 heavy (non-hydrogen) atoms. The predicted octanol–water partition coefficient (Wildman–Crippen LogP) is 3.61. The fraction of sp³-hybridized carbons (Fsp3) is 0.0500. The van der Waals surface area contributed by atoms with Crippen molar-refractivity contribution in [2.45, 2.75) is 6.54 Å². The Labute approximate surface area is 162 Å². The Bertz CT molecular complexity index is 1350. The lowest BCUT2D eigenvalue weighted by atomic mass is 10.1. The molecule has 0 unspecified atom stereocenters. The van der Waals surface area contributed by atoms with Crippen LogP contribution in [0.1, 0.15) is 0 Å². The number of nitrogens with zero attached hydrogens (tertiary/aromatic N) is 3. The molecule has 0 aliphatic carbocycles. The Morgan fingerprint density at radius 3 is 2.96 bits per heavy atom. The lowest BCUT2D eigenvalue weighted by Gasteiger charge is -2.07. The summed E-state index contributed by atoms with van der Waals surface area (Å²) in [6.45, 7) is -0.125. The summed E-state index contributed by atoms with van der Waals surface area (Å²) in [5, 5.41) is 4.81. The van der Waals surface area contributed by atoms with Crippen molar-refractivity contribution in [3.63, 3.8) is 0 Å². The highest BCUT2D eigenvalue weighted by Crippen LogP contribution is 2.24. The van der Waals surface area contributed by atoms with Crippen LogP contribution in [0.15, 0.2) is 75.5 Å². The quantitative estimate of drug-likeness (QED) is 0.508. The second-order valence-electron chi connectivity index (χ2n) is 6.27. The van der Waals surface area contributed by atoms with Gasteiger partial charge < -0.3 is 9.73 Å². The number of nitrogens with one attached hydrogen (secondary N) is 1. The SMILES string of the molecule is O=C(Cn1c(=O)oc2ccccc21)Nc1cccc(-c2cn3ccsc3n2)c1. The summed E-state index contributed by atoms with van der Waals surface area (Å²) in [4.78, 5) is 30.0. The molecular formula is C20H14N4O3S. The minimum atomic E-state index is -0.553. The van der Waals surface area contributed by atoms with Gasteiger partial charge in [-0.2, -0.15) is 0 Å². The highest BCUT2D eigenvalue weighted by molar-refractivity contribution is 7.15. The number of aromatic nitrogens is 3. The maximum atomic E-state index is 12.5. The minimum absolute atomic E-state index is 0.125. The van der Waals surface area contributed by atoms with Crippen LogP contribution in [0, 0.1) is 0 Å². The molecule has 8 heteroatoms. The zero-order valence-electron chi connectivity index (χ0n) is 14.5. The van der Waals surface area contributed by atoms with Crippen molar-refractivity contribution in [3.05, 3.63) is 76.9 Å². The molecule has 0 aliphatic heterocycles. The molecular weight excluding hydrogens is 376 g/mol. The predicted molar refractivity (Wildman–Crippen MR) is 108 cm³/mol. The molecule has 0 fully saturated rings. The number of carbonyl (C=O) groups is 1. The smallest absolute Gasteiger partial charge is 0.408 e. The van der Waals surface area contributed by atoms with E-state index < -0.39 is 5.76 Å². The molecule has 3 heterocycles. The van der Waals surface area contributed by atoms with Gasteiger partial charge in [-0.05, 0) is 24.3 Å². The van der Waals surface area contributed by atoms with Gasteiger partial charge in [-0.25, -0.2) is 9.78 Å². The fourth-order valence-electron chi connectivity index (χ4n) is 3.13. The average molecular weight is 390 g/mol. The summed E-state index contributed by atoms with van der Waals surface area (Å²) in [5.74, 6) is -0.861. The van der Waals surface area contributed by atoms with Crippen LogP contribution in [0.25, 0.3) is 27.3 Å². The van der Waals surface area contributed by atoms with E-state index in [-0.39, 0.29) is 12.5 Å². The maximum Gasteiger partial charge on any atom is 0.420 e. The second kappa shape index (κ2) is 6.50. The lowest BCUT2D eigenvalue weighted by Crippen LogP contribution is -2.24. The normalized spacial score (nSPS) is 11.3. The summed E-state index contributed by atoms with van der Waals surface area (Å²) >= 11 is 1.56. The van der Waals surface area contributed by atoms with E-state index in [9.17, 15) is 9.59 Å². The summed E-state index contributed by atoms with van der Waals surface area (Å²) < 4.78 is 8.44. The Morgan fingerprint density at radius 2 is 2.07 bits per heavy atom. The third-order valence-corrected chi connectivity index (χ3v) is 5.18. The van der Waals surface area contributed by atoms with Crippen molar-refractivity contribution < 1.29 is 9.21 Å². The molecule has 7 nitrogen and oxygen atoms in total. The fourth-order valence-corrected chi connectivity index (χ4v) is 3.83. The molecule has 1 amide bonds. The van der Waals surface area contributed by atoms with Gasteiger partial charge in [-0.3, -0.25) is 13.8 Å². The van der Waals surface area contributed by atoms with Crippen LogP contribution in [0.3, 0.4) is 0 Å². The van der Waals surface area contributed by atoms with Crippen molar-refractivity contribution in [1.82, 2.24) is 14.0 Å². The van der Waals surface area contributed by atoms with Crippen LogP contribution in [0.4, 0.5) is 5.69 Å². The first-order chi connectivity index (χ1) is 13.7. The van der Waals surface area contributed by atoms with Crippen LogP contribution in [0.5, 0.6) is 0 Å². The number of fused-ring (bicyclic) bond motifs is 2. The van der Waals surface area contributed by atoms with E-state index in [1.807, 2.05) is 40.4 Å². The number of para-hydroxylation sites is 2. The van der Waals surface area contributed by atoms with Crippen molar-refractivity contribution in [2.24, 2.45) is 0 Å². The standard InChI is InChI=1S/C20H14N4O3S/c25-18(12-24-16-6-1-2-7-17(16)27-20(24)26)21-14-5-3-4-13(10-14)15-11-23-8-9-28-19(23)22-15/h1-11H,12H2,(H,21,25). The van der Waals surface area contributed by atoms with Crippen LogP contribution >= 0.6 is 11.3 Å². The number of thiazole rings is 1. The van der Waals surface area contributed by atoms with Gasteiger partial charge in [0.05, 0.1) is 11.2 Å². The molecule has 1 N–H and O–H groups in total. The van der Waals surface area contributed by atoms with Gasteiger partial charge in [0, 0.05) is 29.0 Å². The molecule has 0 saturated carbocycles. The van der Waals surface area contributed by atoms with Crippen LogP contribution < -0.4 is 11.1 Å². The van der Waals surface area contributed by atoms with E-state index in [0.29, 0.717) is 16.8 Å². The average Bonchev–Trinajstić information content (AvgIpc) is 3.36. The van der Waals surface area contributed by atoms with Gasteiger partial charge in [0.2, 0.25) is 5.91 Å². The molecule has 3 aromatic heterocycles. The van der Waals surface area contributed by atoms with Crippen molar-refractivity contribution in [3.8, 4) is 11.3 Å². The van der Waals surface area contributed by atoms with Crippen LogP contribution in [-0.4, -0.2) is 19.9 Å². The Kier molecular flexibility index (Phi) is 3.84. The summed E-state index contributed by atoms with van der Waals surface area (Å²) in [6.07, 6.45) is 3.90. The Morgan fingerprint density at radius 1 is 1.18 bits per heavy atom. The molecule has 0 aliphatic rings. The first-order valence-corrected chi connectivity index (χ1v) is 9.46. The molecule has 5 rings (SSSR count). The molecule has 2 aromatic carbocycles. The van der Waals surface area contributed by atoms with E-state index in [2.05, 4.69) is 10.3 Å². The summed E-state index contributed by atoms with van der Waals surface area (Å²) in [7, 11) is 0. The van der Waals surface area contributed by atoms with E-state index >= 15 is 0 Å². The molecule has 0 bridgehead atoms. The van der Waals surface area contributed by atoms with Gasteiger partial charge in [0.15, 0.2) is 10.5 Å². The van der Waals surface area contributed by atoms with Crippen molar-refractivity contribution in [2.75, 3.05) is 5.32 Å².